The fourth-order valence-electron chi connectivity index (χ4n) is 6.76. The number of benzene rings is 2. The van der Waals surface area contributed by atoms with Crippen molar-refractivity contribution < 1.29 is 22.7 Å². The van der Waals surface area contributed by atoms with Gasteiger partial charge >= 0.3 is 0 Å². The first-order valence-corrected chi connectivity index (χ1v) is 17.7. The molecule has 9 nitrogen and oxygen atoms in total. The molecule has 1 saturated carbocycles. The number of anilines is 1. The lowest BCUT2D eigenvalue weighted by molar-refractivity contribution is -0.159. The van der Waals surface area contributed by atoms with Crippen LogP contribution in [0.3, 0.4) is 0 Å². The number of ether oxygens (including phenoxy) is 1. The van der Waals surface area contributed by atoms with Gasteiger partial charge in [-0.25, -0.2) is 8.42 Å². The standard InChI is InChI=1S/C33H46N4O5S/c1-3-4-20-37-31(38)30(23-25-8-6-5-7-9-25)34-33(32(37)39)18-21-36(22-19-33)24-26-10-14-28(15-11-26)42-29-16-12-27(13-17-29)35-43(2,40)41/h10-17,25,30,34-35H,3-9,18-24H2,1-2H3/t30-/m0/s1. The molecule has 2 heterocycles. The van der Waals surface area contributed by atoms with Crippen LogP contribution >= 0.6 is 0 Å². The van der Waals surface area contributed by atoms with Crippen LogP contribution in [0.25, 0.3) is 0 Å². The summed E-state index contributed by atoms with van der Waals surface area (Å²) in [5.74, 6) is 1.85. The maximum Gasteiger partial charge on any atom is 0.249 e. The second-order valence-corrected chi connectivity index (χ2v) is 14.3. The maximum absolute atomic E-state index is 13.8. The van der Waals surface area contributed by atoms with Gasteiger partial charge < -0.3 is 4.74 Å². The van der Waals surface area contributed by atoms with Crippen molar-refractivity contribution in [3.8, 4) is 11.5 Å². The molecule has 2 aliphatic heterocycles. The van der Waals surface area contributed by atoms with E-state index >= 15 is 0 Å². The van der Waals surface area contributed by atoms with Gasteiger partial charge in [0, 0.05) is 31.9 Å². The van der Waals surface area contributed by atoms with E-state index in [1.165, 1.54) is 32.1 Å². The average molecular weight is 611 g/mol. The summed E-state index contributed by atoms with van der Waals surface area (Å²) >= 11 is 0. The first-order valence-electron chi connectivity index (χ1n) is 15.8. The van der Waals surface area contributed by atoms with Crippen LogP contribution in [0.2, 0.25) is 0 Å². The second kappa shape index (κ2) is 13.8. The third kappa shape index (κ3) is 8.16. The van der Waals surface area contributed by atoms with E-state index in [4.69, 9.17) is 4.74 Å². The molecule has 3 aliphatic rings. The molecular formula is C33H46N4O5S. The molecule has 3 fully saturated rings. The molecule has 2 aromatic rings. The predicted molar refractivity (Wildman–Crippen MR) is 168 cm³/mol. The van der Waals surface area contributed by atoms with Crippen LogP contribution in [0.4, 0.5) is 5.69 Å². The Balaban J connectivity index is 1.17. The number of hydrogen-bond donors (Lipinski definition) is 2. The van der Waals surface area contributed by atoms with E-state index in [2.05, 4.69) is 34.0 Å². The minimum Gasteiger partial charge on any atom is -0.457 e. The fraction of sp³-hybridized carbons (Fsp3) is 0.576. The molecule has 234 valence electrons. The Morgan fingerprint density at radius 3 is 2.19 bits per heavy atom. The summed E-state index contributed by atoms with van der Waals surface area (Å²) in [5.41, 5.74) is 0.995. The Hall–Kier alpha value is -2.95. The molecule has 0 unspecified atom stereocenters. The molecule has 1 aliphatic carbocycles. The summed E-state index contributed by atoms with van der Waals surface area (Å²) in [6.07, 6.45) is 11.3. The molecule has 0 bridgehead atoms. The minimum atomic E-state index is -3.32. The Bertz CT molecular complexity index is 1350. The molecule has 10 heteroatoms. The Labute approximate surface area is 256 Å². The number of amides is 2. The Morgan fingerprint density at radius 2 is 1.58 bits per heavy atom. The SMILES string of the molecule is CCCCN1C(=O)[C@H](CC2CCCCC2)NC2(CCN(Cc3ccc(Oc4ccc(NS(C)(=O)=O)cc4)cc3)CC2)C1=O. The molecule has 5 rings (SSSR count). The van der Waals surface area contributed by atoms with Gasteiger partial charge in [-0.2, -0.15) is 0 Å². The number of piperazine rings is 1. The number of carbonyl (C=O) groups is 2. The van der Waals surface area contributed by atoms with Gasteiger partial charge in [0.1, 0.15) is 17.0 Å². The molecular weight excluding hydrogens is 564 g/mol. The van der Waals surface area contributed by atoms with E-state index in [0.29, 0.717) is 42.5 Å². The Morgan fingerprint density at radius 1 is 0.953 bits per heavy atom. The predicted octanol–water partition coefficient (Wildman–Crippen LogP) is 5.28. The lowest BCUT2D eigenvalue weighted by Crippen LogP contribution is -2.72. The highest BCUT2D eigenvalue weighted by Crippen LogP contribution is 2.34. The van der Waals surface area contributed by atoms with Crippen LogP contribution in [0, 0.1) is 5.92 Å². The van der Waals surface area contributed by atoms with Crippen molar-refractivity contribution in [3.63, 3.8) is 0 Å². The van der Waals surface area contributed by atoms with E-state index in [1.54, 1.807) is 29.2 Å². The number of nitrogens with one attached hydrogen (secondary N) is 2. The maximum atomic E-state index is 13.8. The lowest BCUT2D eigenvalue weighted by atomic mass is 9.79. The minimum absolute atomic E-state index is 0.0131. The number of imide groups is 1. The van der Waals surface area contributed by atoms with Crippen LogP contribution in [-0.4, -0.2) is 67.5 Å². The Kier molecular flexibility index (Phi) is 10.1. The van der Waals surface area contributed by atoms with Crippen molar-refractivity contribution in [1.82, 2.24) is 15.1 Å². The van der Waals surface area contributed by atoms with Gasteiger partial charge in [-0.05, 0) is 73.6 Å². The van der Waals surface area contributed by atoms with Gasteiger partial charge in [0.05, 0.1) is 12.3 Å². The zero-order valence-corrected chi connectivity index (χ0v) is 26.3. The van der Waals surface area contributed by atoms with Crippen molar-refractivity contribution in [2.75, 3.05) is 30.6 Å². The third-order valence-corrected chi connectivity index (χ3v) is 9.74. The molecule has 0 radical (unpaired) electrons. The summed E-state index contributed by atoms with van der Waals surface area (Å²) in [7, 11) is -3.32. The largest absolute Gasteiger partial charge is 0.457 e. The smallest absolute Gasteiger partial charge is 0.249 e. The number of sulfonamides is 1. The van der Waals surface area contributed by atoms with Gasteiger partial charge in [-0.1, -0.05) is 57.6 Å². The van der Waals surface area contributed by atoms with Crippen molar-refractivity contribution in [1.29, 1.82) is 0 Å². The number of rotatable bonds is 11. The summed E-state index contributed by atoms with van der Waals surface area (Å²) in [6.45, 7) is 4.98. The molecule has 43 heavy (non-hydrogen) atoms. The van der Waals surface area contributed by atoms with Gasteiger partial charge in [-0.3, -0.25) is 29.4 Å². The highest BCUT2D eigenvalue weighted by Gasteiger charge is 2.52. The highest BCUT2D eigenvalue weighted by molar-refractivity contribution is 7.92. The molecule has 2 aromatic carbocycles. The van der Waals surface area contributed by atoms with Crippen molar-refractivity contribution >= 4 is 27.5 Å². The zero-order valence-electron chi connectivity index (χ0n) is 25.5. The second-order valence-electron chi connectivity index (χ2n) is 12.6. The van der Waals surface area contributed by atoms with Crippen LogP contribution < -0.4 is 14.8 Å². The lowest BCUT2D eigenvalue weighted by Gasteiger charge is -2.49. The number of piperidine rings is 1. The van der Waals surface area contributed by atoms with Crippen LogP contribution in [0.15, 0.2) is 48.5 Å². The van der Waals surface area contributed by atoms with E-state index in [-0.39, 0.29) is 17.9 Å². The van der Waals surface area contributed by atoms with Crippen LogP contribution in [0.1, 0.15) is 76.7 Å². The molecule has 1 atom stereocenters. The first-order chi connectivity index (χ1) is 20.6. The molecule has 2 saturated heterocycles. The molecule has 2 amide bonds. The topological polar surface area (TPSA) is 108 Å². The summed E-state index contributed by atoms with van der Waals surface area (Å²) in [5, 5.41) is 3.63. The molecule has 0 aromatic heterocycles. The quantitative estimate of drug-likeness (QED) is 0.333. The highest BCUT2D eigenvalue weighted by atomic mass is 32.2. The fourth-order valence-corrected chi connectivity index (χ4v) is 7.32. The van der Waals surface area contributed by atoms with Crippen molar-refractivity contribution in [2.45, 2.75) is 89.3 Å². The van der Waals surface area contributed by atoms with E-state index in [0.717, 1.165) is 50.7 Å². The molecule has 2 N–H and O–H groups in total. The summed E-state index contributed by atoms with van der Waals surface area (Å²) in [6, 6.07) is 14.5. The number of carbonyl (C=O) groups excluding carboxylic acids is 2. The van der Waals surface area contributed by atoms with Crippen LogP contribution in [0.5, 0.6) is 11.5 Å². The number of nitrogens with zero attached hydrogens (tertiary/aromatic N) is 2. The summed E-state index contributed by atoms with van der Waals surface area (Å²) in [4.78, 5) is 31.2. The number of likely N-dealkylation sites (tertiary alicyclic amines) is 1. The van der Waals surface area contributed by atoms with E-state index in [1.807, 2.05) is 12.1 Å². The number of hydrogen-bond acceptors (Lipinski definition) is 7. The van der Waals surface area contributed by atoms with Gasteiger partial charge in [0.2, 0.25) is 21.8 Å². The normalized spacial score (nSPS) is 21.7. The van der Waals surface area contributed by atoms with Crippen molar-refractivity contribution in [2.24, 2.45) is 5.92 Å². The monoisotopic (exact) mass is 610 g/mol. The van der Waals surface area contributed by atoms with E-state index in [9.17, 15) is 18.0 Å². The van der Waals surface area contributed by atoms with Gasteiger partial charge in [0.25, 0.3) is 0 Å². The molecule has 1 spiro atoms. The number of unbranched alkanes of at least 4 members (excludes halogenated alkanes) is 1. The van der Waals surface area contributed by atoms with Gasteiger partial charge in [-0.15, -0.1) is 0 Å². The first kappa shape index (κ1) is 31.5. The van der Waals surface area contributed by atoms with Crippen molar-refractivity contribution in [3.05, 3.63) is 54.1 Å². The van der Waals surface area contributed by atoms with E-state index < -0.39 is 15.6 Å². The van der Waals surface area contributed by atoms with Crippen LogP contribution in [-0.2, 0) is 26.2 Å². The average Bonchev–Trinajstić information content (AvgIpc) is 2.99. The van der Waals surface area contributed by atoms with Gasteiger partial charge in [0.15, 0.2) is 0 Å². The zero-order chi connectivity index (χ0) is 30.5. The summed E-state index contributed by atoms with van der Waals surface area (Å²) < 4.78 is 31.2. The third-order valence-electron chi connectivity index (χ3n) is 9.13.